The predicted molar refractivity (Wildman–Crippen MR) is 141 cm³/mol. The lowest BCUT2D eigenvalue weighted by molar-refractivity contribution is -0.144. The Balaban J connectivity index is 1.40. The summed E-state index contributed by atoms with van der Waals surface area (Å²) >= 11 is 1.80. The van der Waals surface area contributed by atoms with Gasteiger partial charge in [-0.25, -0.2) is 9.28 Å². The third-order valence-electron chi connectivity index (χ3n) is 7.53. The van der Waals surface area contributed by atoms with Gasteiger partial charge in [0, 0.05) is 11.4 Å². The lowest BCUT2D eigenvalue weighted by Crippen LogP contribution is -2.56. The van der Waals surface area contributed by atoms with Gasteiger partial charge in [-0.05, 0) is 75.1 Å². The van der Waals surface area contributed by atoms with Gasteiger partial charge in [0.25, 0.3) is 0 Å². The smallest absolute Gasteiger partial charge is 0.362 e. The number of carbonyl (C=O) groups excluding carboxylic acids is 1. The van der Waals surface area contributed by atoms with Crippen molar-refractivity contribution in [1.82, 2.24) is 14.5 Å². The molecule has 0 bridgehead atoms. The number of piperidine rings is 1. The molecule has 3 aromatic rings. The molecule has 1 fully saturated rings. The molecule has 190 valence electrons. The highest BCUT2D eigenvalue weighted by atomic mass is 32.1. The number of esters is 1. The average molecular weight is 510 g/mol. The van der Waals surface area contributed by atoms with E-state index in [2.05, 4.69) is 11.4 Å². The van der Waals surface area contributed by atoms with Gasteiger partial charge in [-0.3, -0.25) is 0 Å². The van der Waals surface area contributed by atoms with Gasteiger partial charge in [0.1, 0.15) is 10.6 Å². The van der Waals surface area contributed by atoms with E-state index in [0.717, 1.165) is 77.8 Å². The number of aromatic nitrogens is 2. The summed E-state index contributed by atoms with van der Waals surface area (Å²) in [5, 5.41) is 4.80. The molecule has 2 aromatic heterocycles. The van der Waals surface area contributed by atoms with Gasteiger partial charge in [-0.2, -0.15) is 9.97 Å². The zero-order valence-electron chi connectivity index (χ0n) is 20.8. The Morgan fingerprint density at radius 1 is 1.08 bits per heavy atom. The highest BCUT2D eigenvalue weighted by Gasteiger charge is 2.39. The van der Waals surface area contributed by atoms with E-state index in [1.807, 2.05) is 19.1 Å². The number of quaternary nitrogens is 1. The van der Waals surface area contributed by atoms with Crippen molar-refractivity contribution in [3.63, 3.8) is 0 Å². The maximum atomic E-state index is 12.7. The second-order valence-corrected chi connectivity index (χ2v) is 11.0. The Labute approximate surface area is 215 Å². The quantitative estimate of drug-likeness (QED) is 0.356. The van der Waals surface area contributed by atoms with E-state index in [0.29, 0.717) is 17.6 Å². The molecule has 1 saturated heterocycles. The number of anilines is 1. The van der Waals surface area contributed by atoms with Gasteiger partial charge in [-0.15, -0.1) is 11.3 Å². The van der Waals surface area contributed by atoms with Crippen molar-refractivity contribution in [2.75, 3.05) is 38.4 Å². The van der Waals surface area contributed by atoms with Crippen molar-refractivity contribution < 1.29 is 19.0 Å². The van der Waals surface area contributed by atoms with E-state index in [1.165, 1.54) is 29.7 Å². The first kappa shape index (κ1) is 23.5. The molecule has 2 aliphatic heterocycles. The van der Waals surface area contributed by atoms with Crippen LogP contribution in [0.25, 0.3) is 10.2 Å². The molecule has 36 heavy (non-hydrogen) atoms. The molecule has 1 aromatic carbocycles. The number of ether oxygens (including phenoxy) is 3. The summed E-state index contributed by atoms with van der Waals surface area (Å²) in [5.74, 6) is 3.00. The zero-order chi connectivity index (χ0) is 24.5. The molecule has 1 aliphatic carbocycles. The summed E-state index contributed by atoms with van der Waals surface area (Å²) in [5.41, 5.74) is 2.50. The van der Waals surface area contributed by atoms with Crippen LogP contribution in [0, 0.1) is 0 Å². The lowest BCUT2D eigenvalue weighted by atomic mass is 9.97. The normalized spacial score (nSPS) is 18.1. The molecule has 3 aliphatic rings. The minimum atomic E-state index is -0.177. The van der Waals surface area contributed by atoms with Crippen molar-refractivity contribution in [2.45, 2.75) is 58.4 Å². The van der Waals surface area contributed by atoms with Crippen LogP contribution in [0.1, 0.15) is 55.0 Å². The summed E-state index contributed by atoms with van der Waals surface area (Å²) in [6.45, 7) is 5.13. The fraction of sp³-hybridized carbons (Fsp3) is 0.519. The molecule has 4 heterocycles. The maximum absolute atomic E-state index is 12.7. The molecule has 0 spiro atoms. The largest absolute Gasteiger partial charge is 0.462 e. The number of likely N-dealkylation sites (tertiary alicyclic amines) is 1. The third kappa shape index (κ3) is 4.39. The van der Waals surface area contributed by atoms with Crippen LogP contribution in [0.5, 0.6) is 11.5 Å². The molecule has 0 saturated carbocycles. The van der Waals surface area contributed by atoms with E-state index < -0.39 is 0 Å². The minimum Gasteiger partial charge on any atom is -0.462 e. The van der Waals surface area contributed by atoms with Gasteiger partial charge in [-0.1, -0.05) is 6.07 Å². The molecular formula is C27H33N4O4S+. The SMILES string of the molecule is CCOC(=O)C[N+]1(c2nc(NCc3ccc4c(c3)OCO4)c3c4c(sc3n2)CCCC4)CCCCC1. The molecule has 8 nitrogen and oxygen atoms in total. The predicted octanol–water partition coefficient (Wildman–Crippen LogP) is 4.97. The number of fused-ring (bicyclic) bond motifs is 4. The first-order valence-corrected chi connectivity index (χ1v) is 13.9. The Bertz CT molecular complexity index is 1280. The van der Waals surface area contributed by atoms with Gasteiger partial charge in [0.15, 0.2) is 18.0 Å². The molecule has 6 rings (SSSR count). The van der Waals surface area contributed by atoms with Crippen molar-refractivity contribution in [1.29, 1.82) is 0 Å². The molecule has 9 heteroatoms. The first-order valence-electron chi connectivity index (χ1n) is 13.1. The molecule has 0 amide bonds. The van der Waals surface area contributed by atoms with E-state index >= 15 is 0 Å². The van der Waals surface area contributed by atoms with Crippen LogP contribution in [0.15, 0.2) is 18.2 Å². The van der Waals surface area contributed by atoms with Crippen LogP contribution in [0.3, 0.4) is 0 Å². The van der Waals surface area contributed by atoms with Gasteiger partial charge in [0.2, 0.25) is 6.79 Å². The van der Waals surface area contributed by atoms with Crippen molar-refractivity contribution in [3.8, 4) is 11.5 Å². The highest BCUT2D eigenvalue weighted by molar-refractivity contribution is 7.19. The topological polar surface area (TPSA) is 82.6 Å². The number of thiophene rings is 1. The van der Waals surface area contributed by atoms with Crippen LogP contribution in [-0.2, 0) is 28.9 Å². The Hall–Kier alpha value is -2.91. The zero-order valence-corrected chi connectivity index (χ0v) is 21.6. The first-order chi connectivity index (χ1) is 17.6. The van der Waals surface area contributed by atoms with Crippen LogP contribution in [-0.4, -0.2) is 49.0 Å². The third-order valence-corrected chi connectivity index (χ3v) is 8.72. The van der Waals surface area contributed by atoms with E-state index in [9.17, 15) is 4.79 Å². The minimum absolute atomic E-state index is 0.177. The molecular weight excluding hydrogens is 476 g/mol. The standard InChI is InChI=1S/C27H33N4O4S/c1-2-33-23(32)16-31(12-6-3-7-13-31)27-29-25(24-19-8-4-5-9-22(19)36-26(24)30-27)28-15-18-10-11-20-21(14-18)35-17-34-20/h10-11,14H,2-9,12-13,15-17H2,1H3,(H,28,29,30)/q+1. The number of hydrogen-bond acceptors (Lipinski definition) is 8. The number of hydrogen-bond donors (Lipinski definition) is 1. The number of rotatable bonds is 7. The maximum Gasteiger partial charge on any atom is 0.362 e. The van der Waals surface area contributed by atoms with Crippen molar-refractivity contribution in [3.05, 3.63) is 34.2 Å². The molecule has 0 radical (unpaired) electrons. The fourth-order valence-corrected chi connectivity index (χ4v) is 6.98. The van der Waals surface area contributed by atoms with E-state index in [1.54, 1.807) is 11.3 Å². The summed E-state index contributed by atoms with van der Waals surface area (Å²) in [6, 6.07) is 6.04. The second-order valence-electron chi connectivity index (χ2n) is 9.92. The Kier molecular flexibility index (Phi) is 6.43. The molecule has 0 atom stereocenters. The van der Waals surface area contributed by atoms with Crippen molar-refractivity contribution in [2.24, 2.45) is 0 Å². The summed E-state index contributed by atoms with van der Waals surface area (Å²) < 4.78 is 16.9. The van der Waals surface area contributed by atoms with Crippen LogP contribution in [0.2, 0.25) is 0 Å². The number of benzene rings is 1. The number of carbonyl (C=O) groups is 1. The lowest BCUT2D eigenvalue weighted by Gasteiger charge is -2.37. The summed E-state index contributed by atoms with van der Waals surface area (Å²) in [4.78, 5) is 25.5. The Morgan fingerprint density at radius 3 is 2.78 bits per heavy atom. The second kappa shape index (κ2) is 9.86. The summed E-state index contributed by atoms with van der Waals surface area (Å²) in [6.07, 6.45) is 7.89. The van der Waals surface area contributed by atoms with Crippen LogP contribution >= 0.6 is 11.3 Å². The highest BCUT2D eigenvalue weighted by Crippen LogP contribution is 2.41. The fourth-order valence-electron chi connectivity index (χ4n) is 5.72. The Morgan fingerprint density at radius 2 is 1.92 bits per heavy atom. The number of aryl methyl sites for hydroxylation is 2. The van der Waals surface area contributed by atoms with Crippen LogP contribution in [0.4, 0.5) is 11.8 Å². The number of nitrogens with one attached hydrogen (secondary N) is 1. The monoisotopic (exact) mass is 509 g/mol. The summed E-state index contributed by atoms with van der Waals surface area (Å²) in [7, 11) is 0. The average Bonchev–Trinajstić information content (AvgIpc) is 3.52. The van der Waals surface area contributed by atoms with Gasteiger partial charge in [0.05, 0.1) is 25.1 Å². The number of nitrogens with zero attached hydrogens (tertiary/aromatic N) is 3. The van der Waals surface area contributed by atoms with E-state index in [4.69, 9.17) is 24.2 Å². The molecule has 0 unspecified atom stereocenters. The molecule has 1 N–H and O–H groups in total. The van der Waals surface area contributed by atoms with Gasteiger partial charge >= 0.3 is 11.9 Å². The van der Waals surface area contributed by atoms with Crippen molar-refractivity contribution >= 4 is 39.3 Å². The van der Waals surface area contributed by atoms with E-state index in [-0.39, 0.29) is 19.3 Å². The van der Waals surface area contributed by atoms with Gasteiger partial charge < -0.3 is 19.5 Å². The van der Waals surface area contributed by atoms with Crippen LogP contribution < -0.4 is 19.3 Å².